The minimum Gasteiger partial charge on any atom is -0.458 e. The summed E-state index contributed by atoms with van der Waals surface area (Å²) < 4.78 is 10.5. The van der Waals surface area contributed by atoms with Crippen LogP contribution in [0.1, 0.15) is 13.3 Å². The lowest BCUT2D eigenvalue weighted by molar-refractivity contribution is 0.0732. The molecule has 2 rings (SSSR count). The molecule has 0 aromatic rings. The molecule has 0 fully saturated rings. The number of rotatable bonds is 0. The van der Waals surface area contributed by atoms with Gasteiger partial charge in [-0.05, 0) is 13.0 Å². The fraction of sp³-hybridized carbons (Fsp3) is 0.333. The molecule has 0 amide bonds. The smallest absolute Gasteiger partial charge is 0.230 e. The van der Waals surface area contributed by atoms with Gasteiger partial charge in [0.2, 0.25) is 6.79 Å². The highest BCUT2D eigenvalue weighted by Crippen LogP contribution is 2.24. The number of hydrogen-bond acceptors (Lipinski definition) is 2. The van der Waals surface area contributed by atoms with Crippen molar-refractivity contribution >= 4 is 0 Å². The van der Waals surface area contributed by atoms with Crippen LogP contribution in [0.25, 0.3) is 0 Å². The van der Waals surface area contributed by atoms with Gasteiger partial charge in [0.05, 0.1) is 0 Å². The molecule has 0 aromatic carbocycles. The Kier molecular flexibility index (Phi) is 1.46. The minimum absolute atomic E-state index is 0.377. The molecule has 0 N–H and O–H groups in total. The maximum Gasteiger partial charge on any atom is 0.230 e. The molecular weight excluding hydrogens is 140 g/mol. The van der Waals surface area contributed by atoms with Crippen LogP contribution >= 0.6 is 0 Å². The molecule has 1 aliphatic carbocycles. The molecule has 0 atom stereocenters. The lowest BCUT2D eigenvalue weighted by Gasteiger charge is -1.94. The Balaban J connectivity index is 2.28. The Morgan fingerprint density at radius 2 is 2.18 bits per heavy atom. The summed E-state index contributed by atoms with van der Waals surface area (Å²) in [5, 5.41) is 0. The van der Waals surface area contributed by atoms with E-state index in [1.165, 1.54) is 5.57 Å². The first kappa shape index (κ1) is 6.53. The van der Waals surface area contributed by atoms with Gasteiger partial charge in [-0.1, -0.05) is 17.7 Å². The van der Waals surface area contributed by atoms with E-state index in [1.54, 1.807) is 0 Å². The Labute approximate surface area is 65.8 Å². The molecule has 1 heterocycles. The highest BCUT2D eigenvalue weighted by atomic mass is 16.7. The first-order valence-corrected chi connectivity index (χ1v) is 3.70. The van der Waals surface area contributed by atoms with Gasteiger partial charge >= 0.3 is 0 Å². The Hall–Kier alpha value is -1.18. The van der Waals surface area contributed by atoms with Crippen molar-refractivity contribution in [1.29, 1.82) is 0 Å². The van der Waals surface area contributed by atoms with Crippen LogP contribution in [-0.2, 0) is 9.47 Å². The first-order chi connectivity index (χ1) is 5.36. The quantitative estimate of drug-likeness (QED) is 0.526. The second-order valence-electron chi connectivity index (χ2n) is 2.68. The Morgan fingerprint density at radius 3 is 3.09 bits per heavy atom. The molecule has 58 valence electrons. The lowest BCUT2D eigenvalue weighted by atomic mass is 10.2. The van der Waals surface area contributed by atoms with Crippen LogP contribution in [0.4, 0.5) is 0 Å². The molecular formula is C9H10O2. The predicted octanol–water partition coefficient (Wildman–Crippen LogP) is 2.11. The van der Waals surface area contributed by atoms with Crippen LogP contribution in [0, 0.1) is 0 Å². The molecule has 0 bridgehead atoms. The highest BCUT2D eigenvalue weighted by Gasteiger charge is 2.14. The highest BCUT2D eigenvalue weighted by molar-refractivity contribution is 5.31. The van der Waals surface area contributed by atoms with Gasteiger partial charge in [-0.15, -0.1) is 0 Å². The van der Waals surface area contributed by atoms with Crippen molar-refractivity contribution in [3.8, 4) is 0 Å². The molecule has 0 saturated carbocycles. The zero-order valence-electron chi connectivity index (χ0n) is 6.46. The summed E-state index contributed by atoms with van der Waals surface area (Å²) in [6.45, 7) is 2.45. The molecule has 0 radical (unpaired) electrons. The van der Waals surface area contributed by atoms with E-state index >= 15 is 0 Å². The van der Waals surface area contributed by atoms with E-state index in [4.69, 9.17) is 9.47 Å². The van der Waals surface area contributed by atoms with E-state index in [2.05, 4.69) is 13.0 Å². The molecule has 2 nitrogen and oxygen atoms in total. The molecule has 0 aromatic heterocycles. The van der Waals surface area contributed by atoms with Gasteiger partial charge in [0.25, 0.3) is 0 Å². The minimum atomic E-state index is 0.377. The third-order valence-corrected chi connectivity index (χ3v) is 1.83. The summed E-state index contributed by atoms with van der Waals surface area (Å²) in [6.07, 6.45) is 6.99. The number of allylic oxidation sites excluding steroid dienone is 4. The summed E-state index contributed by atoms with van der Waals surface area (Å²) in [4.78, 5) is 0. The summed E-state index contributed by atoms with van der Waals surface area (Å²) in [7, 11) is 0. The van der Waals surface area contributed by atoms with Crippen LogP contribution in [0.3, 0.4) is 0 Å². The zero-order chi connectivity index (χ0) is 7.68. The standard InChI is InChI=1S/C9H10O2/c1-7-2-4-8-9(5-3-7)11-6-10-8/h2-4H,5-6H2,1H3. The van der Waals surface area contributed by atoms with Crippen molar-refractivity contribution in [2.45, 2.75) is 13.3 Å². The molecule has 11 heavy (non-hydrogen) atoms. The maximum atomic E-state index is 5.25. The average Bonchev–Trinajstić information content (AvgIpc) is 2.38. The lowest BCUT2D eigenvalue weighted by Crippen LogP contribution is -1.83. The van der Waals surface area contributed by atoms with Crippen molar-refractivity contribution in [3.05, 3.63) is 35.3 Å². The SMILES string of the molecule is CC1=CCC2=C(C=C1)OCO2. The molecule has 0 saturated heterocycles. The van der Waals surface area contributed by atoms with E-state index in [0.29, 0.717) is 6.79 Å². The van der Waals surface area contributed by atoms with Crippen molar-refractivity contribution < 1.29 is 9.47 Å². The monoisotopic (exact) mass is 150 g/mol. The third-order valence-electron chi connectivity index (χ3n) is 1.83. The topological polar surface area (TPSA) is 18.5 Å². The van der Waals surface area contributed by atoms with Gasteiger partial charge in [-0.2, -0.15) is 0 Å². The van der Waals surface area contributed by atoms with Gasteiger partial charge in [-0.3, -0.25) is 0 Å². The van der Waals surface area contributed by atoms with E-state index in [1.807, 2.05) is 12.2 Å². The molecule has 2 aliphatic rings. The van der Waals surface area contributed by atoms with Gasteiger partial charge in [0, 0.05) is 6.42 Å². The molecule has 1 aliphatic heterocycles. The summed E-state index contributed by atoms with van der Waals surface area (Å²) in [5.74, 6) is 1.84. The van der Waals surface area contributed by atoms with Crippen molar-refractivity contribution in [2.75, 3.05) is 6.79 Å². The van der Waals surface area contributed by atoms with Crippen molar-refractivity contribution in [2.24, 2.45) is 0 Å². The fourth-order valence-corrected chi connectivity index (χ4v) is 1.15. The summed E-state index contributed by atoms with van der Waals surface area (Å²) in [5.41, 5.74) is 1.26. The first-order valence-electron chi connectivity index (χ1n) is 3.70. The van der Waals surface area contributed by atoms with E-state index in [-0.39, 0.29) is 0 Å². The second kappa shape index (κ2) is 2.46. The van der Waals surface area contributed by atoms with E-state index in [0.717, 1.165) is 17.9 Å². The predicted molar refractivity (Wildman–Crippen MR) is 41.6 cm³/mol. The van der Waals surface area contributed by atoms with Crippen molar-refractivity contribution in [1.82, 2.24) is 0 Å². The van der Waals surface area contributed by atoms with Crippen LogP contribution in [0.2, 0.25) is 0 Å². The maximum absolute atomic E-state index is 5.25. The molecule has 2 heteroatoms. The van der Waals surface area contributed by atoms with Crippen LogP contribution in [0.15, 0.2) is 35.3 Å². The van der Waals surface area contributed by atoms with Gasteiger partial charge < -0.3 is 9.47 Å². The summed E-state index contributed by atoms with van der Waals surface area (Å²) in [6, 6.07) is 0. The normalized spacial score (nSPS) is 21.7. The third kappa shape index (κ3) is 1.16. The number of hydrogen-bond donors (Lipinski definition) is 0. The van der Waals surface area contributed by atoms with E-state index < -0.39 is 0 Å². The molecule has 0 unspecified atom stereocenters. The zero-order valence-corrected chi connectivity index (χ0v) is 6.46. The van der Waals surface area contributed by atoms with Crippen LogP contribution in [-0.4, -0.2) is 6.79 Å². The van der Waals surface area contributed by atoms with Crippen molar-refractivity contribution in [3.63, 3.8) is 0 Å². The van der Waals surface area contributed by atoms with Gasteiger partial charge in [0.1, 0.15) is 5.76 Å². The van der Waals surface area contributed by atoms with Gasteiger partial charge in [0.15, 0.2) is 5.76 Å². The van der Waals surface area contributed by atoms with Crippen LogP contribution in [0.5, 0.6) is 0 Å². The molecule has 0 spiro atoms. The van der Waals surface area contributed by atoms with Crippen LogP contribution < -0.4 is 0 Å². The fourth-order valence-electron chi connectivity index (χ4n) is 1.15. The largest absolute Gasteiger partial charge is 0.458 e. The number of ether oxygens (including phenoxy) is 2. The Bertz CT molecular complexity index is 259. The van der Waals surface area contributed by atoms with Gasteiger partial charge in [-0.25, -0.2) is 0 Å². The summed E-state index contributed by atoms with van der Waals surface area (Å²) >= 11 is 0. The van der Waals surface area contributed by atoms with E-state index in [9.17, 15) is 0 Å². The Morgan fingerprint density at radius 1 is 1.27 bits per heavy atom. The average molecular weight is 150 g/mol. The second-order valence-corrected chi connectivity index (χ2v) is 2.68.